The summed E-state index contributed by atoms with van der Waals surface area (Å²) in [5, 5.41) is 3.61. The van der Waals surface area contributed by atoms with E-state index in [9.17, 15) is 0 Å². The smallest absolute Gasteiger partial charge is 0.134 e. The van der Waals surface area contributed by atoms with E-state index >= 15 is 0 Å². The largest absolute Gasteiger partial charge is 0.496 e. The molecule has 1 aliphatic heterocycles. The first-order chi connectivity index (χ1) is 9.08. The summed E-state index contributed by atoms with van der Waals surface area (Å²) in [5.74, 6) is 2.07. The van der Waals surface area contributed by atoms with Gasteiger partial charge in [0, 0.05) is 22.9 Å². The number of thioether (sulfide) groups is 1. The standard InChI is InChI=1S/C15H22BrNOS/c1-4-5-6-15(2)9-17-12-7-11(16)13(18-3)8-14(12)19-10-15/h7-8,17H,4-6,9-10H2,1-3H3. The number of methoxy groups -OCH3 is 1. The summed E-state index contributed by atoms with van der Waals surface area (Å²) in [7, 11) is 1.71. The zero-order valence-corrected chi connectivity index (χ0v) is 14.3. The molecule has 2 nitrogen and oxygen atoms in total. The first kappa shape index (κ1) is 15.0. The van der Waals surface area contributed by atoms with Crippen LogP contribution in [0.2, 0.25) is 0 Å². The van der Waals surface area contributed by atoms with Crippen molar-refractivity contribution in [2.45, 2.75) is 38.0 Å². The van der Waals surface area contributed by atoms with Crippen LogP contribution >= 0.6 is 27.7 Å². The van der Waals surface area contributed by atoms with Gasteiger partial charge >= 0.3 is 0 Å². The molecule has 0 bridgehead atoms. The summed E-state index contributed by atoms with van der Waals surface area (Å²) in [6, 6.07) is 4.26. The van der Waals surface area contributed by atoms with E-state index in [1.54, 1.807) is 7.11 Å². The number of fused-ring (bicyclic) bond motifs is 1. The van der Waals surface area contributed by atoms with Gasteiger partial charge in [0.05, 0.1) is 11.6 Å². The van der Waals surface area contributed by atoms with Gasteiger partial charge in [-0.05, 0) is 39.9 Å². The summed E-state index contributed by atoms with van der Waals surface area (Å²) in [4.78, 5) is 1.29. The summed E-state index contributed by atoms with van der Waals surface area (Å²) in [6.07, 6.45) is 3.87. The lowest BCUT2D eigenvalue weighted by Crippen LogP contribution is -2.27. The van der Waals surface area contributed by atoms with E-state index in [1.165, 1.54) is 29.8 Å². The summed E-state index contributed by atoms with van der Waals surface area (Å²) in [5.41, 5.74) is 1.59. The highest BCUT2D eigenvalue weighted by molar-refractivity contribution is 9.10. The Bertz CT molecular complexity index is 452. The quantitative estimate of drug-likeness (QED) is 0.814. The maximum atomic E-state index is 5.38. The fourth-order valence-corrected chi connectivity index (χ4v) is 4.06. The number of unbranched alkanes of at least 4 members (excludes halogenated alkanes) is 1. The van der Waals surface area contributed by atoms with Crippen molar-refractivity contribution in [3.63, 3.8) is 0 Å². The highest BCUT2D eigenvalue weighted by atomic mass is 79.9. The minimum absolute atomic E-state index is 0.374. The van der Waals surface area contributed by atoms with Crippen molar-refractivity contribution < 1.29 is 4.74 Å². The van der Waals surface area contributed by atoms with Crippen molar-refractivity contribution >= 4 is 33.4 Å². The second-order valence-electron chi connectivity index (χ2n) is 5.54. The third kappa shape index (κ3) is 3.60. The van der Waals surface area contributed by atoms with Crippen LogP contribution in [-0.4, -0.2) is 19.4 Å². The lowest BCUT2D eigenvalue weighted by atomic mass is 9.87. The number of rotatable bonds is 4. The zero-order valence-electron chi connectivity index (χ0n) is 11.9. The maximum absolute atomic E-state index is 5.38. The third-order valence-electron chi connectivity index (χ3n) is 3.67. The Morgan fingerprint density at radius 1 is 1.47 bits per heavy atom. The molecule has 1 N–H and O–H groups in total. The Morgan fingerprint density at radius 3 is 2.95 bits per heavy atom. The molecule has 106 valence electrons. The number of nitrogens with one attached hydrogen (secondary N) is 1. The van der Waals surface area contributed by atoms with E-state index in [0.717, 1.165) is 22.5 Å². The van der Waals surface area contributed by atoms with E-state index in [2.05, 4.69) is 47.2 Å². The van der Waals surface area contributed by atoms with Gasteiger partial charge in [0.1, 0.15) is 5.75 Å². The number of benzene rings is 1. The molecule has 0 amide bonds. The first-order valence-corrected chi connectivity index (χ1v) is 8.60. The molecule has 4 heteroatoms. The summed E-state index contributed by atoms with van der Waals surface area (Å²) in [6.45, 7) is 5.70. The maximum Gasteiger partial charge on any atom is 0.134 e. The second-order valence-corrected chi connectivity index (χ2v) is 7.41. The van der Waals surface area contributed by atoms with Gasteiger partial charge in [0.25, 0.3) is 0 Å². The predicted octanol–water partition coefficient (Wildman–Crippen LogP) is 5.17. The van der Waals surface area contributed by atoms with E-state index in [-0.39, 0.29) is 0 Å². The van der Waals surface area contributed by atoms with Crippen molar-refractivity contribution in [3.05, 3.63) is 16.6 Å². The van der Waals surface area contributed by atoms with Crippen molar-refractivity contribution in [3.8, 4) is 5.75 Å². The molecule has 0 saturated carbocycles. The van der Waals surface area contributed by atoms with Gasteiger partial charge in [-0.15, -0.1) is 11.8 Å². The predicted molar refractivity (Wildman–Crippen MR) is 87.5 cm³/mol. The van der Waals surface area contributed by atoms with Crippen molar-refractivity contribution in [2.75, 3.05) is 24.7 Å². The van der Waals surface area contributed by atoms with Crippen molar-refractivity contribution in [1.29, 1.82) is 0 Å². The van der Waals surface area contributed by atoms with Gasteiger partial charge in [-0.1, -0.05) is 26.7 Å². The number of anilines is 1. The minimum atomic E-state index is 0.374. The van der Waals surface area contributed by atoms with Crippen LogP contribution in [0.15, 0.2) is 21.5 Å². The normalized spacial score (nSPS) is 22.3. The fourth-order valence-electron chi connectivity index (χ4n) is 2.32. The van der Waals surface area contributed by atoms with E-state index in [4.69, 9.17) is 4.74 Å². The summed E-state index contributed by atoms with van der Waals surface area (Å²) < 4.78 is 6.39. The molecule has 2 rings (SSSR count). The van der Waals surface area contributed by atoms with Crippen molar-refractivity contribution in [1.82, 2.24) is 0 Å². The number of hydrogen-bond donors (Lipinski definition) is 1. The molecule has 0 aromatic heterocycles. The van der Waals surface area contributed by atoms with Crippen LogP contribution in [0.4, 0.5) is 5.69 Å². The van der Waals surface area contributed by atoms with E-state index in [0.29, 0.717) is 5.41 Å². The van der Waals surface area contributed by atoms with Gasteiger partial charge in [-0.25, -0.2) is 0 Å². The molecule has 1 aromatic carbocycles. The lowest BCUT2D eigenvalue weighted by Gasteiger charge is -2.27. The Labute approximate surface area is 128 Å². The molecule has 0 spiro atoms. The second kappa shape index (κ2) is 6.40. The summed E-state index contributed by atoms with van der Waals surface area (Å²) >= 11 is 5.50. The third-order valence-corrected chi connectivity index (χ3v) is 5.78. The first-order valence-electron chi connectivity index (χ1n) is 6.82. The fraction of sp³-hybridized carbons (Fsp3) is 0.600. The zero-order chi connectivity index (χ0) is 13.9. The Hall–Kier alpha value is -0.350. The molecule has 1 heterocycles. The number of ether oxygens (including phenoxy) is 1. The molecule has 1 atom stereocenters. The van der Waals surface area contributed by atoms with Gasteiger partial charge in [0.15, 0.2) is 0 Å². The van der Waals surface area contributed by atoms with E-state index < -0.39 is 0 Å². The van der Waals surface area contributed by atoms with Crippen LogP contribution in [0.5, 0.6) is 5.75 Å². The molecule has 0 radical (unpaired) electrons. The average Bonchev–Trinajstić information content (AvgIpc) is 2.56. The Balaban J connectivity index is 2.17. The molecule has 1 unspecified atom stereocenters. The monoisotopic (exact) mass is 343 g/mol. The van der Waals surface area contributed by atoms with E-state index in [1.807, 2.05) is 11.8 Å². The molecule has 1 aliphatic rings. The SMILES string of the molecule is CCCCC1(C)CNc2cc(Br)c(OC)cc2SC1. The van der Waals surface area contributed by atoms with Crippen molar-refractivity contribution in [2.24, 2.45) is 5.41 Å². The average molecular weight is 344 g/mol. The van der Waals surface area contributed by atoms with Crippen LogP contribution in [0.3, 0.4) is 0 Å². The molecule has 0 saturated heterocycles. The molecular formula is C15H22BrNOS. The molecule has 1 aromatic rings. The number of hydrogen-bond acceptors (Lipinski definition) is 3. The Kier molecular flexibility index (Phi) is 5.07. The van der Waals surface area contributed by atoms with Gasteiger partial charge in [-0.2, -0.15) is 0 Å². The molecular weight excluding hydrogens is 322 g/mol. The van der Waals surface area contributed by atoms with Crippen LogP contribution in [0, 0.1) is 5.41 Å². The van der Waals surface area contributed by atoms with Gasteiger partial charge in [0.2, 0.25) is 0 Å². The highest BCUT2D eigenvalue weighted by Crippen LogP contribution is 2.43. The minimum Gasteiger partial charge on any atom is -0.496 e. The molecule has 0 fully saturated rings. The highest BCUT2D eigenvalue weighted by Gasteiger charge is 2.27. The topological polar surface area (TPSA) is 21.3 Å². The van der Waals surface area contributed by atoms with Gasteiger partial charge < -0.3 is 10.1 Å². The van der Waals surface area contributed by atoms with Crippen LogP contribution in [-0.2, 0) is 0 Å². The van der Waals surface area contributed by atoms with Crippen LogP contribution in [0.25, 0.3) is 0 Å². The van der Waals surface area contributed by atoms with Crippen LogP contribution < -0.4 is 10.1 Å². The molecule has 0 aliphatic carbocycles. The van der Waals surface area contributed by atoms with Gasteiger partial charge in [-0.3, -0.25) is 0 Å². The Morgan fingerprint density at radius 2 is 2.26 bits per heavy atom. The lowest BCUT2D eigenvalue weighted by molar-refractivity contribution is 0.356. The number of halogens is 1. The molecule has 19 heavy (non-hydrogen) atoms. The van der Waals surface area contributed by atoms with Crippen LogP contribution in [0.1, 0.15) is 33.1 Å².